The summed E-state index contributed by atoms with van der Waals surface area (Å²) >= 11 is 0. The first kappa shape index (κ1) is 11.9. The van der Waals surface area contributed by atoms with Gasteiger partial charge in [0.25, 0.3) is 0 Å². The van der Waals surface area contributed by atoms with E-state index in [-0.39, 0.29) is 6.61 Å². The van der Waals surface area contributed by atoms with Crippen LogP contribution in [0.2, 0.25) is 0 Å². The Morgan fingerprint density at radius 2 is 2.17 bits per heavy atom. The number of nitrogens with one attached hydrogen (secondary N) is 1. The van der Waals surface area contributed by atoms with Crippen LogP contribution in [0.4, 0.5) is 0 Å². The van der Waals surface area contributed by atoms with Crippen LogP contribution in [0.25, 0.3) is 0 Å². The maximum absolute atomic E-state index is 10.0. The highest BCUT2D eigenvalue weighted by Crippen LogP contribution is 1.90. The molecule has 0 fully saturated rings. The molecule has 0 aromatic heterocycles. The van der Waals surface area contributed by atoms with Crippen LogP contribution in [0.1, 0.15) is 33.1 Å². The lowest BCUT2D eigenvalue weighted by Gasteiger charge is -2.10. The highest BCUT2D eigenvalue weighted by molar-refractivity contribution is 4.52. The van der Waals surface area contributed by atoms with Crippen molar-refractivity contribution in [2.24, 2.45) is 0 Å². The summed E-state index contributed by atoms with van der Waals surface area (Å²) in [7, 11) is 0. The minimum atomic E-state index is 0.0160. The molecule has 0 heterocycles. The molecule has 0 amide bonds. The first-order valence-electron chi connectivity index (χ1n) is 4.70. The van der Waals surface area contributed by atoms with E-state index < -0.39 is 0 Å². The summed E-state index contributed by atoms with van der Waals surface area (Å²) < 4.78 is 5.26. The van der Waals surface area contributed by atoms with Gasteiger partial charge in [-0.3, -0.25) is 5.32 Å². The fraction of sp³-hybridized carbons (Fsp3) is 1.00. The van der Waals surface area contributed by atoms with E-state index in [1.54, 1.807) is 0 Å². The van der Waals surface area contributed by atoms with Gasteiger partial charge in [-0.25, -0.2) is 5.11 Å². The highest BCUT2D eigenvalue weighted by atomic mass is 16.5. The average molecular weight is 174 g/mol. The van der Waals surface area contributed by atoms with E-state index in [0.717, 1.165) is 19.3 Å². The van der Waals surface area contributed by atoms with Gasteiger partial charge in [0.15, 0.2) is 0 Å². The van der Waals surface area contributed by atoms with Gasteiger partial charge in [-0.2, -0.15) is 0 Å². The summed E-state index contributed by atoms with van der Waals surface area (Å²) in [5.41, 5.74) is 0. The Morgan fingerprint density at radius 3 is 2.75 bits per heavy atom. The van der Waals surface area contributed by atoms with Gasteiger partial charge in [-0.15, -0.1) is 0 Å². The molecule has 1 N–H and O–H groups in total. The molecule has 0 saturated heterocycles. The zero-order chi connectivity index (χ0) is 9.23. The van der Waals surface area contributed by atoms with Gasteiger partial charge in [-0.1, -0.05) is 6.92 Å². The van der Waals surface area contributed by atoms with Crippen molar-refractivity contribution in [2.75, 3.05) is 19.9 Å². The van der Waals surface area contributed by atoms with Crippen LogP contribution in [0.15, 0.2) is 0 Å². The molecule has 0 aromatic carbocycles. The second kappa shape index (κ2) is 8.97. The van der Waals surface area contributed by atoms with Gasteiger partial charge in [0.2, 0.25) is 0 Å². The fourth-order valence-electron chi connectivity index (χ4n) is 0.724. The number of ether oxygens (including phenoxy) is 1. The molecule has 0 aliphatic carbocycles. The maximum Gasteiger partial charge on any atom is 0.0967 e. The predicted molar refractivity (Wildman–Crippen MR) is 48.5 cm³/mol. The molecule has 3 nitrogen and oxygen atoms in total. The number of rotatable bonds is 8. The van der Waals surface area contributed by atoms with Crippen LogP contribution in [-0.2, 0) is 9.84 Å². The van der Waals surface area contributed by atoms with E-state index in [4.69, 9.17) is 4.74 Å². The van der Waals surface area contributed by atoms with Crippen LogP contribution >= 0.6 is 0 Å². The Morgan fingerprint density at radius 1 is 1.42 bits per heavy atom. The van der Waals surface area contributed by atoms with E-state index >= 15 is 0 Å². The molecule has 0 aliphatic rings. The molecule has 12 heavy (non-hydrogen) atoms. The minimum absolute atomic E-state index is 0.0160. The van der Waals surface area contributed by atoms with Crippen LogP contribution < -0.4 is 5.32 Å². The van der Waals surface area contributed by atoms with Crippen molar-refractivity contribution in [1.82, 2.24) is 5.32 Å². The topological polar surface area (TPSA) is 41.2 Å². The molecule has 0 aliphatic heterocycles. The molecule has 1 radical (unpaired) electrons. The Labute approximate surface area is 75.1 Å². The Hall–Kier alpha value is -0.120. The smallest absolute Gasteiger partial charge is 0.0967 e. The number of hydrogen-bond acceptors (Lipinski definition) is 2. The normalized spacial score (nSPS) is 13.2. The molecule has 0 spiro atoms. The minimum Gasteiger partial charge on any atom is -0.366 e. The monoisotopic (exact) mass is 174 g/mol. The van der Waals surface area contributed by atoms with Gasteiger partial charge >= 0.3 is 0 Å². The van der Waals surface area contributed by atoms with E-state index in [2.05, 4.69) is 19.2 Å². The Bertz CT molecular complexity index is 88.6. The van der Waals surface area contributed by atoms with E-state index in [9.17, 15) is 5.11 Å². The lowest BCUT2D eigenvalue weighted by atomic mass is 10.3. The summed E-state index contributed by atoms with van der Waals surface area (Å²) in [6, 6.07) is 0.518. The van der Waals surface area contributed by atoms with Gasteiger partial charge in [0.05, 0.1) is 13.3 Å². The largest absolute Gasteiger partial charge is 0.366 e. The second-order valence-electron chi connectivity index (χ2n) is 2.98. The first-order valence-corrected chi connectivity index (χ1v) is 4.70. The maximum atomic E-state index is 10.0. The zero-order valence-electron chi connectivity index (χ0n) is 8.14. The van der Waals surface area contributed by atoms with Crippen LogP contribution in [0.3, 0.4) is 0 Å². The van der Waals surface area contributed by atoms with E-state index in [1.165, 1.54) is 0 Å². The van der Waals surface area contributed by atoms with Crippen molar-refractivity contribution in [3.8, 4) is 0 Å². The molecular formula is C9H20NO2. The molecule has 3 heteroatoms. The lowest BCUT2D eigenvalue weighted by molar-refractivity contribution is 0.0970. The fourth-order valence-corrected chi connectivity index (χ4v) is 0.724. The van der Waals surface area contributed by atoms with E-state index in [0.29, 0.717) is 19.4 Å². The van der Waals surface area contributed by atoms with Crippen LogP contribution in [0.5, 0.6) is 0 Å². The van der Waals surface area contributed by atoms with E-state index in [1.807, 2.05) is 0 Å². The predicted octanol–water partition coefficient (Wildman–Crippen LogP) is 1.56. The van der Waals surface area contributed by atoms with Gasteiger partial charge in [-0.05, 0) is 26.2 Å². The summed E-state index contributed by atoms with van der Waals surface area (Å²) in [6.45, 7) is 5.58. The molecule has 0 aromatic rings. The summed E-state index contributed by atoms with van der Waals surface area (Å²) in [6.07, 6.45) is 2.72. The SMILES string of the molecule is CCC(C)NCOCCCC[O]. The first-order chi connectivity index (χ1) is 5.81. The van der Waals surface area contributed by atoms with Crippen molar-refractivity contribution in [1.29, 1.82) is 0 Å². The number of hydrogen-bond donors (Lipinski definition) is 1. The molecule has 1 unspecified atom stereocenters. The van der Waals surface area contributed by atoms with Gasteiger partial charge in [0, 0.05) is 12.6 Å². The van der Waals surface area contributed by atoms with Crippen molar-refractivity contribution in [3.05, 3.63) is 0 Å². The summed E-state index contributed by atoms with van der Waals surface area (Å²) in [4.78, 5) is 0. The third-order valence-electron chi connectivity index (χ3n) is 1.83. The van der Waals surface area contributed by atoms with Crippen molar-refractivity contribution in [3.63, 3.8) is 0 Å². The zero-order valence-corrected chi connectivity index (χ0v) is 8.14. The summed E-state index contributed by atoms with van der Waals surface area (Å²) in [5, 5.41) is 13.3. The molecule has 73 valence electrons. The standard InChI is InChI=1S/C9H20NO2/c1-3-9(2)10-8-12-7-5-4-6-11/h9-10H,3-8H2,1-2H3. The summed E-state index contributed by atoms with van der Waals surface area (Å²) in [5.74, 6) is 0. The second-order valence-corrected chi connectivity index (χ2v) is 2.98. The van der Waals surface area contributed by atoms with Crippen LogP contribution in [0, 0.1) is 0 Å². The molecule has 1 atom stereocenters. The molecule has 0 rings (SSSR count). The van der Waals surface area contributed by atoms with Crippen molar-refractivity contribution >= 4 is 0 Å². The molecular weight excluding hydrogens is 154 g/mol. The number of unbranched alkanes of at least 4 members (excludes halogenated alkanes) is 1. The quantitative estimate of drug-likeness (QED) is 0.448. The average Bonchev–Trinajstić information content (AvgIpc) is 2.10. The van der Waals surface area contributed by atoms with Gasteiger partial charge < -0.3 is 4.74 Å². The van der Waals surface area contributed by atoms with Crippen molar-refractivity contribution in [2.45, 2.75) is 39.2 Å². The lowest BCUT2D eigenvalue weighted by Crippen LogP contribution is -2.27. The third kappa shape index (κ3) is 7.98. The van der Waals surface area contributed by atoms with Gasteiger partial charge in [0.1, 0.15) is 0 Å². The third-order valence-corrected chi connectivity index (χ3v) is 1.83. The Kier molecular flexibility index (Phi) is 8.88. The molecule has 0 bridgehead atoms. The highest BCUT2D eigenvalue weighted by Gasteiger charge is 1.95. The van der Waals surface area contributed by atoms with Crippen molar-refractivity contribution < 1.29 is 9.84 Å². The van der Waals surface area contributed by atoms with Crippen LogP contribution in [-0.4, -0.2) is 26.0 Å². The Balaban J connectivity index is 2.90. The molecule has 0 saturated carbocycles.